The highest BCUT2D eigenvalue weighted by molar-refractivity contribution is 5.93. The zero-order chi connectivity index (χ0) is 14.8. The van der Waals surface area contributed by atoms with E-state index in [0.29, 0.717) is 6.20 Å². The molecule has 0 bridgehead atoms. The van der Waals surface area contributed by atoms with Gasteiger partial charge in [0.05, 0.1) is 0 Å². The van der Waals surface area contributed by atoms with Crippen molar-refractivity contribution in [2.75, 3.05) is 0 Å². The molecule has 10 heteroatoms. The van der Waals surface area contributed by atoms with E-state index in [9.17, 15) is 26.7 Å². The number of nitrogens with two attached hydrogens (primary N) is 1. The van der Waals surface area contributed by atoms with Crippen LogP contribution in [0.25, 0.3) is 0 Å². The number of nitrogens with zero attached hydrogens (tertiary/aromatic N) is 1. The number of carboxylic acids is 1. The van der Waals surface area contributed by atoms with Crippen molar-refractivity contribution in [3.05, 3.63) is 23.0 Å². The number of hydrogen-bond acceptors (Lipinski definition) is 4. The fourth-order valence-electron chi connectivity index (χ4n) is 1.31. The average molecular weight is 286 g/mol. The van der Waals surface area contributed by atoms with Gasteiger partial charge in [-0.05, 0) is 0 Å². The number of hydrogen-bond donors (Lipinski definition) is 2. The van der Waals surface area contributed by atoms with Crippen LogP contribution in [0.5, 0.6) is 5.75 Å². The summed E-state index contributed by atoms with van der Waals surface area (Å²) in [5, 5.41) is 8.81. The Kier molecular flexibility index (Phi) is 4.24. The smallest absolute Gasteiger partial charge is 0.478 e. The first-order valence-corrected chi connectivity index (χ1v) is 4.66. The van der Waals surface area contributed by atoms with Crippen LogP contribution in [0.1, 0.15) is 28.0 Å². The van der Waals surface area contributed by atoms with Crippen molar-refractivity contribution in [3.63, 3.8) is 0 Å². The van der Waals surface area contributed by atoms with E-state index < -0.39 is 42.3 Å². The Morgan fingerprint density at radius 1 is 1.47 bits per heavy atom. The summed E-state index contributed by atoms with van der Waals surface area (Å²) in [6.45, 7) is -0.494. The lowest BCUT2D eigenvalue weighted by Gasteiger charge is -2.16. The SMILES string of the molecule is NCc1cnc(C(F)F)c(OC(F)(F)F)c1C(=O)O. The Balaban J connectivity index is 3.53. The van der Waals surface area contributed by atoms with Crippen molar-refractivity contribution < 1.29 is 36.6 Å². The van der Waals surface area contributed by atoms with Crippen LogP contribution in [0.2, 0.25) is 0 Å². The van der Waals surface area contributed by atoms with Gasteiger partial charge in [0.15, 0.2) is 5.75 Å². The second-order valence-electron chi connectivity index (χ2n) is 3.23. The molecular weight excluding hydrogens is 279 g/mol. The van der Waals surface area contributed by atoms with E-state index in [-0.39, 0.29) is 5.56 Å². The van der Waals surface area contributed by atoms with Gasteiger partial charge in [-0.1, -0.05) is 0 Å². The Bertz CT molecular complexity index is 489. The Morgan fingerprint density at radius 2 is 2.05 bits per heavy atom. The summed E-state index contributed by atoms with van der Waals surface area (Å²) >= 11 is 0. The molecular formula is C9H7F5N2O3. The molecule has 0 radical (unpaired) electrons. The summed E-state index contributed by atoms with van der Waals surface area (Å²) in [6, 6.07) is 0. The van der Waals surface area contributed by atoms with Gasteiger partial charge in [0.1, 0.15) is 11.3 Å². The molecule has 1 rings (SSSR count). The molecule has 19 heavy (non-hydrogen) atoms. The third-order valence-electron chi connectivity index (χ3n) is 2.00. The molecule has 0 saturated heterocycles. The van der Waals surface area contributed by atoms with Crippen molar-refractivity contribution in [2.24, 2.45) is 5.73 Å². The quantitative estimate of drug-likeness (QED) is 0.828. The Hall–Kier alpha value is -1.97. The standard InChI is InChI=1S/C9H7F5N2O3/c10-7(11)5-6(19-9(12,13)14)4(8(17)18)3(1-15)2-16-5/h2,7H,1,15H2,(H,17,18). The molecule has 1 aromatic heterocycles. The third-order valence-corrected chi connectivity index (χ3v) is 2.00. The first kappa shape index (κ1) is 15.1. The van der Waals surface area contributed by atoms with Crippen LogP contribution in [0.15, 0.2) is 6.20 Å². The molecule has 0 aliphatic heterocycles. The number of rotatable bonds is 4. The van der Waals surface area contributed by atoms with Crippen molar-refractivity contribution in [2.45, 2.75) is 19.3 Å². The van der Waals surface area contributed by atoms with Gasteiger partial charge in [0.25, 0.3) is 6.43 Å². The largest absolute Gasteiger partial charge is 0.573 e. The summed E-state index contributed by atoms with van der Waals surface area (Å²) in [5.74, 6) is -3.41. The van der Waals surface area contributed by atoms with E-state index >= 15 is 0 Å². The van der Waals surface area contributed by atoms with E-state index in [0.717, 1.165) is 0 Å². The maximum Gasteiger partial charge on any atom is 0.573 e. The minimum Gasteiger partial charge on any atom is -0.478 e. The van der Waals surface area contributed by atoms with Crippen molar-refractivity contribution in [1.29, 1.82) is 0 Å². The molecule has 0 amide bonds. The van der Waals surface area contributed by atoms with Gasteiger partial charge in [-0.15, -0.1) is 13.2 Å². The Labute approximate surface area is 102 Å². The predicted molar refractivity (Wildman–Crippen MR) is 50.7 cm³/mol. The van der Waals surface area contributed by atoms with Crippen LogP contribution in [0.3, 0.4) is 0 Å². The molecule has 0 aliphatic rings. The molecule has 106 valence electrons. The number of pyridine rings is 1. The fraction of sp³-hybridized carbons (Fsp3) is 0.333. The lowest BCUT2D eigenvalue weighted by molar-refractivity contribution is -0.275. The summed E-state index contributed by atoms with van der Waals surface area (Å²) in [5.41, 5.74) is 2.28. The van der Waals surface area contributed by atoms with Crippen LogP contribution in [-0.4, -0.2) is 22.4 Å². The van der Waals surface area contributed by atoms with Gasteiger partial charge in [-0.2, -0.15) is 0 Å². The van der Waals surface area contributed by atoms with Crippen LogP contribution in [0.4, 0.5) is 22.0 Å². The van der Waals surface area contributed by atoms with E-state index in [4.69, 9.17) is 10.8 Å². The number of carboxylic acid groups (broad SMARTS) is 1. The fourth-order valence-corrected chi connectivity index (χ4v) is 1.31. The highest BCUT2D eigenvalue weighted by Gasteiger charge is 2.37. The molecule has 0 atom stereocenters. The molecule has 0 unspecified atom stereocenters. The Morgan fingerprint density at radius 3 is 2.42 bits per heavy atom. The minimum atomic E-state index is -5.33. The normalized spacial score (nSPS) is 11.7. The van der Waals surface area contributed by atoms with Gasteiger partial charge in [0, 0.05) is 18.3 Å². The predicted octanol–water partition coefficient (Wildman–Crippen LogP) is 2.07. The zero-order valence-corrected chi connectivity index (χ0v) is 9.04. The van der Waals surface area contributed by atoms with Crippen LogP contribution in [-0.2, 0) is 6.54 Å². The topological polar surface area (TPSA) is 85.4 Å². The molecule has 0 fully saturated rings. The zero-order valence-electron chi connectivity index (χ0n) is 9.04. The number of alkyl halides is 5. The molecule has 5 nitrogen and oxygen atoms in total. The maximum absolute atomic E-state index is 12.5. The third kappa shape index (κ3) is 3.50. The van der Waals surface area contributed by atoms with Gasteiger partial charge >= 0.3 is 12.3 Å². The molecule has 3 N–H and O–H groups in total. The van der Waals surface area contributed by atoms with Crippen LogP contribution in [0, 0.1) is 0 Å². The van der Waals surface area contributed by atoms with Crippen LogP contribution >= 0.6 is 0 Å². The average Bonchev–Trinajstić information content (AvgIpc) is 2.25. The van der Waals surface area contributed by atoms with Gasteiger partial charge < -0.3 is 15.6 Å². The highest BCUT2D eigenvalue weighted by Crippen LogP contribution is 2.35. The maximum atomic E-state index is 12.5. The molecule has 0 aliphatic carbocycles. The van der Waals surface area contributed by atoms with Crippen molar-refractivity contribution in [1.82, 2.24) is 4.98 Å². The second kappa shape index (κ2) is 5.34. The van der Waals surface area contributed by atoms with Gasteiger partial charge in [0.2, 0.25) is 0 Å². The van der Waals surface area contributed by atoms with E-state index in [1.807, 2.05) is 0 Å². The lowest BCUT2D eigenvalue weighted by Crippen LogP contribution is -2.22. The monoisotopic (exact) mass is 286 g/mol. The molecule has 0 saturated carbocycles. The molecule has 1 heterocycles. The summed E-state index contributed by atoms with van der Waals surface area (Å²) in [4.78, 5) is 13.9. The lowest BCUT2D eigenvalue weighted by atomic mass is 10.1. The number of ether oxygens (including phenoxy) is 1. The highest BCUT2D eigenvalue weighted by atomic mass is 19.4. The summed E-state index contributed by atoms with van der Waals surface area (Å²) < 4.78 is 64.9. The number of aromatic carboxylic acids is 1. The van der Waals surface area contributed by atoms with E-state index in [1.165, 1.54) is 0 Å². The summed E-state index contributed by atoms with van der Waals surface area (Å²) in [7, 11) is 0. The number of aromatic nitrogens is 1. The molecule has 0 spiro atoms. The number of halogens is 5. The van der Waals surface area contributed by atoms with Crippen molar-refractivity contribution >= 4 is 5.97 Å². The molecule has 0 aromatic carbocycles. The van der Waals surface area contributed by atoms with Crippen LogP contribution < -0.4 is 10.5 Å². The minimum absolute atomic E-state index is 0.351. The molecule has 1 aromatic rings. The first-order valence-electron chi connectivity index (χ1n) is 4.66. The summed E-state index contributed by atoms with van der Waals surface area (Å²) in [6.07, 6.45) is -8.08. The van der Waals surface area contributed by atoms with Crippen molar-refractivity contribution in [3.8, 4) is 5.75 Å². The van der Waals surface area contributed by atoms with Gasteiger partial charge in [-0.25, -0.2) is 13.6 Å². The second-order valence-corrected chi connectivity index (χ2v) is 3.23. The first-order chi connectivity index (χ1) is 8.67. The number of carbonyl (C=O) groups is 1. The van der Waals surface area contributed by atoms with E-state index in [2.05, 4.69) is 9.72 Å². The van der Waals surface area contributed by atoms with Gasteiger partial charge in [-0.3, -0.25) is 4.98 Å². The van der Waals surface area contributed by atoms with E-state index in [1.54, 1.807) is 0 Å².